The number of alkyl carbamates (subject to hydrolysis) is 1. The van der Waals surface area contributed by atoms with Gasteiger partial charge in [-0.1, -0.05) is 30.3 Å². The van der Waals surface area contributed by atoms with Crippen molar-refractivity contribution in [2.45, 2.75) is 45.8 Å². The highest BCUT2D eigenvalue weighted by atomic mass is 16.6. The Labute approximate surface area is 205 Å². The van der Waals surface area contributed by atoms with Crippen LogP contribution in [0.3, 0.4) is 0 Å². The molecule has 2 aromatic carbocycles. The lowest BCUT2D eigenvalue weighted by Crippen LogP contribution is -2.47. The van der Waals surface area contributed by atoms with E-state index in [1.165, 1.54) is 6.92 Å². The molecule has 2 N–H and O–H groups in total. The zero-order valence-electron chi connectivity index (χ0n) is 20.6. The summed E-state index contributed by atoms with van der Waals surface area (Å²) < 4.78 is 16.1. The average Bonchev–Trinajstić information content (AvgIpc) is 2.79. The minimum atomic E-state index is -0.987. The first-order chi connectivity index (χ1) is 16.6. The Kier molecular flexibility index (Phi) is 8.70. The van der Waals surface area contributed by atoms with Crippen LogP contribution >= 0.6 is 0 Å². The summed E-state index contributed by atoms with van der Waals surface area (Å²) >= 11 is 0. The quantitative estimate of drug-likeness (QED) is 0.458. The molecule has 1 saturated heterocycles. The van der Waals surface area contributed by atoms with E-state index in [1.54, 1.807) is 45.0 Å². The first-order valence-corrected chi connectivity index (χ1v) is 11.6. The Balaban J connectivity index is 1.85. The van der Waals surface area contributed by atoms with Gasteiger partial charge in [0, 0.05) is 26.4 Å². The van der Waals surface area contributed by atoms with Crippen molar-refractivity contribution >= 4 is 29.3 Å². The summed E-state index contributed by atoms with van der Waals surface area (Å²) in [4.78, 5) is 39.7. The van der Waals surface area contributed by atoms with Gasteiger partial charge in [-0.15, -0.1) is 0 Å². The SMILES string of the molecule is CC(=O)Oc1ccccc1CC(NC(=O)OC(C)(C)C)C(=O)Nc1ccccc1N1CCOCC1. The van der Waals surface area contributed by atoms with Gasteiger partial charge in [-0.05, 0) is 44.5 Å². The first-order valence-electron chi connectivity index (χ1n) is 11.6. The van der Waals surface area contributed by atoms with Crippen LogP contribution < -0.4 is 20.3 Å². The molecule has 9 nitrogen and oxygen atoms in total. The minimum absolute atomic E-state index is 0.0915. The third-order valence-electron chi connectivity index (χ3n) is 5.17. The van der Waals surface area contributed by atoms with E-state index < -0.39 is 29.6 Å². The highest BCUT2D eigenvalue weighted by molar-refractivity contribution is 5.99. The number of nitrogens with zero attached hydrogens (tertiary/aromatic N) is 1. The molecule has 0 saturated carbocycles. The number of anilines is 2. The molecule has 1 aliphatic heterocycles. The van der Waals surface area contributed by atoms with Gasteiger partial charge in [0.2, 0.25) is 5.91 Å². The molecule has 0 radical (unpaired) electrons. The van der Waals surface area contributed by atoms with E-state index in [1.807, 2.05) is 24.3 Å². The second-order valence-electron chi connectivity index (χ2n) is 9.21. The summed E-state index contributed by atoms with van der Waals surface area (Å²) in [6.45, 7) is 9.19. The fourth-order valence-corrected chi connectivity index (χ4v) is 3.69. The van der Waals surface area contributed by atoms with E-state index in [0.717, 1.165) is 5.69 Å². The third-order valence-corrected chi connectivity index (χ3v) is 5.17. The van der Waals surface area contributed by atoms with Crippen LogP contribution in [-0.4, -0.2) is 55.9 Å². The van der Waals surface area contributed by atoms with Gasteiger partial charge in [-0.2, -0.15) is 0 Å². The highest BCUT2D eigenvalue weighted by Gasteiger charge is 2.27. The van der Waals surface area contributed by atoms with Crippen LogP contribution in [0.4, 0.5) is 16.2 Å². The molecule has 0 aromatic heterocycles. The second-order valence-corrected chi connectivity index (χ2v) is 9.21. The van der Waals surface area contributed by atoms with Crippen LogP contribution in [0, 0.1) is 0 Å². The molecule has 0 bridgehead atoms. The molecule has 2 aromatic rings. The number of hydrogen-bond donors (Lipinski definition) is 2. The molecule has 2 amide bonds. The fraction of sp³-hybridized carbons (Fsp3) is 0.423. The Morgan fingerprint density at radius 2 is 1.69 bits per heavy atom. The molecule has 1 heterocycles. The van der Waals surface area contributed by atoms with Crippen molar-refractivity contribution in [1.82, 2.24) is 5.32 Å². The zero-order chi connectivity index (χ0) is 25.4. The molecular weight excluding hydrogens is 450 g/mol. The zero-order valence-corrected chi connectivity index (χ0v) is 20.6. The standard InChI is InChI=1S/C26H33N3O6/c1-18(30)34-23-12-8-5-9-19(23)17-21(28-25(32)35-26(2,3)4)24(31)27-20-10-6-7-11-22(20)29-13-15-33-16-14-29/h5-12,21H,13-17H2,1-4H3,(H,27,31)(H,28,32). The number of rotatable bonds is 7. The summed E-state index contributed by atoms with van der Waals surface area (Å²) in [5.41, 5.74) is 1.37. The topological polar surface area (TPSA) is 106 Å². The minimum Gasteiger partial charge on any atom is -0.444 e. The molecule has 188 valence electrons. The van der Waals surface area contributed by atoms with Gasteiger partial charge in [-0.3, -0.25) is 9.59 Å². The van der Waals surface area contributed by atoms with Crippen LogP contribution in [0.1, 0.15) is 33.3 Å². The second kappa shape index (κ2) is 11.7. The van der Waals surface area contributed by atoms with Gasteiger partial charge in [0.1, 0.15) is 17.4 Å². The van der Waals surface area contributed by atoms with Gasteiger partial charge in [-0.25, -0.2) is 4.79 Å². The van der Waals surface area contributed by atoms with E-state index in [2.05, 4.69) is 15.5 Å². The fourth-order valence-electron chi connectivity index (χ4n) is 3.69. The molecule has 1 atom stereocenters. The largest absolute Gasteiger partial charge is 0.444 e. The van der Waals surface area contributed by atoms with Crippen molar-refractivity contribution < 1.29 is 28.6 Å². The molecule has 35 heavy (non-hydrogen) atoms. The number of esters is 1. The van der Waals surface area contributed by atoms with Gasteiger partial charge < -0.3 is 29.7 Å². The number of para-hydroxylation sites is 3. The molecule has 9 heteroatoms. The molecule has 0 spiro atoms. The summed E-state index contributed by atoms with van der Waals surface area (Å²) in [5.74, 6) is -0.565. The summed E-state index contributed by atoms with van der Waals surface area (Å²) in [7, 11) is 0. The monoisotopic (exact) mass is 483 g/mol. The molecule has 1 aliphatic rings. The Hall–Kier alpha value is -3.59. The van der Waals surface area contributed by atoms with Crippen molar-refractivity contribution in [2.24, 2.45) is 0 Å². The van der Waals surface area contributed by atoms with Gasteiger partial charge in [0.05, 0.1) is 24.6 Å². The van der Waals surface area contributed by atoms with Crippen LogP contribution in [0.25, 0.3) is 0 Å². The lowest BCUT2D eigenvalue weighted by Gasteiger charge is -2.31. The third kappa shape index (κ3) is 7.99. The van der Waals surface area contributed by atoms with Gasteiger partial charge in [0.15, 0.2) is 0 Å². The first kappa shape index (κ1) is 26.0. The van der Waals surface area contributed by atoms with Crippen molar-refractivity contribution in [2.75, 3.05) is 36.5 Å². The summed E-state index contributed by atoms with van der Waals surface area (Å²) in [6, 6.07) is 13.4. The van der Waals surface area contributed by atoms with Crippen LogP contribution in [0.15, 0.2) is 48.5 Å². The van der Waals surface area contributed by atoms with E-state index in [9.17, 15) is 14.4 Å². The molecule has 1 unspecified atom stereocenters. The Bertz CT molecular complexity index is 1040. The van der Waals surface area contributed by atoms with Crippen molar-refractivity contribution in [3.63, 3.8) is 0 Å². The number of nitrogens with one attached hydrogen (secondary N) is 2. The van der Waals surface area contributed by atoms with E-state index in [4.69, 9.17) is 14.2 Å². The molecular formula is C26H33N3O6. The van der Waals surface area contributed by atoms with Crippen molar-refractivity contribution in [3.8, 4) is 5.75 Å². The number of morpholine rings is 1. The number of ether oxygens (including phenoxy) is 3. The number of hydrogen-bond acceptors (Lipinski definition) is 7. The van der Waals surface area contributed by atoms with Crippen molar-refractivity contribution in [1.29, 1.82) is 0 Å². The van der Waals surface area contributed by atoms with Crippen LogP contribution in [0.5, 0.6) is 5.75 Å². The normalized spacial score (nSPS) is 14.6. The van der Waals surface area contributed by atoms with E-state index in [0.29, 0.717) is 43.3 Å². The lowest BCUT2D eigenvalue weighted by molar-refractivity contribution is -0.131. The average molecular weight is 484 g/mol. The maximum atomic E-state index is 13.5. The van der Waals surface area contributed by atoms with Gasteiger partial charge >= 0.3 is 12.1 Å². The number of amides is 2. The lowest BCUT2D eigenvalue weighted by atomic mass is 10.0. The number of benzene rings is 2. The maximum absolute atomic E-state index is 13.5. The molecule has 1 fully saturated rings. The molecule has 0 aliphatic carbocycles. The Morgan fingerprint density at radius 1 is 1.03 bits per heavy atom. The van der Waals surface area contributed by atoms with Gasteiger partial charge in [0.25, 0.3) is 0 Å². The van der Waals surface area contributed by atoms with E-state index >= 15 is 0 Å². The predicted molar refractivity (Wildman–Crippen MR) is 133 cm³/mol. The molecule has 3 rings (SSSR count). The van der Waals surface area contributed by atoms with E-state index in [-0.39, 0.29) is 6.42 Å². The number of carbonyl (C=O) groups excluding carboxylic acids is 3. The predicted octanol–water partition coefficient (Wildman–Crippen LogP) is 3.52. The van der Waals surface area contributed by atoms with Crippen LogP contribution in [0.2, 0.25) is 0 Å². The number of carbonyl (C=O) groups is 3. The summed E-state index contributed by atoms with van der Waals surface area (Å²) in [6.07, 6.45) is -0.627. The summed E-state index contributed by atoms with van der Waals surface area (Å²) in [5, 5.41) is 5.63. The Morgan fingerprint density at radius 3 is 2.37 bits per heavy atom. The smallest absolute Gasteiger partial charge is 0.408 e. The maximum Gasteiger partial charge on any atom is 0.408 e. The van der Waals surface area contributed by atoms with Crippen molar-refractivity contribution in [3.05, 3.63) is 54.1 Å². The van der Waals surface area contributed by atoms with Crippen LogP contribution in [-0.2, 0) is 25.5 Å². The highest BCUT2D eigenvalue weighted by Crippen LogP contribution is 2.27.